The van der Waals surface area contributed by atoms with E-state index in [9.17, 15) is 8.78 Å². The standard InChI is InChI=1S/C6H5F2N.C4H9N/c7-4-1-5(8)3-6(9)2-4;1-2-4-5-3-1/h1-3H,9H2;5H,1-4H2. The zero-order valence-corrected chi connectivity index (χ0v) is 7.89. The van der Waals surface area contributed by atoms with Crippen molar-refractivity contribution in [3.05, 3.63) is 29.8 Å². The molecule has 1 fully saturated rings. The van der Waals surface area contributed by atoms with Gasteiger partial charge in [0.2, 0.25) is 0 Å². The minimum Gasteiger partial charge on any atom is -0.399 e. The minimum absolute atomic E-state index is 0.104. The molecule has 2 nitrogen and oxygen atoms in total. The van der Waals surface area contributed by atoms with Gasteiger partial charge in [-0.1, -0.05) is 0 Å². The molecule has 2 rings (SSSR count). The molecule has 3 N–H and O–H groups in total. The molecule has 0 aromatic heterocycles. The van der Waals surface area contributed by atoms with Crippen LogP contribution in [0, 0.1) is 11.6 Å². The Bertz CT molecular complexity index is 227. The van der Waals surface area contributed by atoms with Gasteiger partial charge in [-0.25, -0.2) is 8.78 Å². The molecule has 78 valence electrons. The van der Waals surface area contributed by atoms with Gasteiger partial charge in [-0.2, -0.15) is 0 Å². The van der Waals surface area contributed by atoms with Crippen molar-refractivity contribution in [1.82, 2.24) is 5.32 Å². The minimum atomic E-state index is -0.646. The van der Waals surface area contributed by atoms with Gasteiger partial charge in [0.15, 0.2) is 0 Å². The monoisotopic (exact) mass is 200 g/mol. The lowest BCUT2D eigenvalue weighted by Crippen LogP contribution is -2.03. The van der Waals surface area contributed by atoms with E-state index >= 15 is 0 Å². The predicted octanol–water partition coefficient (Wildman–Crippen LogP) is 1.92. The van der Waals surface area contributed by atoms with Crippen LogP contribution in [-0.4, -0.2) is 13.1 Å². The van der Waals surface area contributed by atoms with Crippen molar-refractivity contribution < 1.29 is 8.78 Å². The normalized spacial score (nSPS) is 14.7. The lowest BCUT2D eigenvalue weighted by Gasteiger charge is -1.91. The molecule has 0 aliphatic carbocycles. The molecule has 1 saturated heterocycles. The molecule has 0 amide bonds. The summed E-state index contributed by atoms with van der Waals surface area (Å²) < 4.78 is 24.2. The second-order valence-corrected chi connectivity index (χ2v) is 3.16. The number of rotatable bonds is 0. The van der Waals surface area contributed by atoms with Crippen LogP contribution >= 0.6 is 0 Å². The first kappa shape index (κ1) is 10.9. The zero-order valence-electron chi connectivity index (χ0n) is 7.89. The van der Waals surface area contributed by atoms with Gasteiger partial charge >= 0.3 is 0 Å². The number of nitrogens with two attached hydrogens (primary N) is 1. The summed E-state index contributed by atoms with van der Waals surface area (Å²) in [5, 5.41) is 3.22. The van der Waals surface area contributed by atoms with Gasteiger partial charge < -0.3 is 11.1 Å². The average Bonchev–Trinajstić information content (AvgIpc) is 2.56. The second kappa shape index (κ2) is 5.54. The van der Waals surface area contributed by atoms with Gasteiger partial charge in [-0.15, -0.1) is 0 Å². The summed E-state index contributed by atoms with van der Waals surface area (Å²) in [6.07, 6.45) is 2.78. The number of anilines is 1. The van der Waals surface area contributed by atoms with E-state index in [1.807, 2.05) is 0 Å². The molecule has 1 aliphatic rings. The van der Waals surface area contributed by atoms with E-state index in [0.29, 0.717) is 0 Å². The van der Waals surface area contributed by atoms with Gasteiger partial charge in [0.25, 0.3) is 0 Å². The summed E-state index contributed by atoms with van der Waals surface area (Å²) in [7, 11) is 0. The van der Waals surface area contributed by atoms with E-state index in [0.717, 1.165) is 18.2 Å². The van der Waals surface area contributed by atoms with Crippen molar-refractivity contribution in [2.45, 2.75) is 12.8 Å². The SMILES string of the molecule is C1CCNC1.Nc1cc(F)cc(F)c1. The highest BCUT2D eigenvalue weighted by Gasteiger charge is 1.94. The Labute approximate surface area is 82.1 Å². The molecule has 0 bridgehead atoms. The largest absolute Gasteiger partial charge is 0.399 e. The third kappa shape index (κ3) is 4.18. The average molecular weight is 200 g/mol. The number of hydrogen-bond acceptors (Lipinski definition) is 2. The van der Waals surface area contributed by atoms with Gasteiger partial charge in [-0.3, -0.25) is 0 Å². The maximum Gasteiger partial charge on any atom is 0.128 e. The summed E-state index contributed by atoms with van der Waals surface area (Å²) in [6.45, 7) is 2.50. The number of benzene rings is 1. The Hall–Kier alpha value is -1.16. The van der Waals surface area contributed by atoms with Crippen molar-refractivity contribution in [1.29, 1.82) is 0 Å². The van der Waals surface area contributed by atoms with Crippen molar-refractivity contribution in [3.63, 3.8) is 0 Å². The number of nitrogens with one attached hydrogen (secondary N) is 1. The maximum absolute atomic E-state index is 12.1. The number of nitrogen functional groups attached to an aromatic ring is 1. The van der Waals surface area contributed by atoms with Gasteiger partial charge in [0.05, 0.1) is 0 Å². The van der Waals surface area contributed by atoms with E-state index in [4.69, 9.17) is 5.73 Å². The predicted molar refractivity (Wildman–Crippen MR) is 52.9 cm³/mol. The molecule has 0 radical (unpaired) electrons. The maximum atomic E-state index is 12.1. The van der Waals surface area contributed by atoms with Crippen LogP contribution in [0.3, 0.4) is 0 Å². The van der Waals surface area contributed by atoms with E-state index < -0.39 is 11.6 Å². The highest BCUT2D eigenvalue weighted by molar-refractivity contribution is 5.37. The topological polar surface area (TPSA) is 38.0 Å². The van der Waals surface area contributed by atoms with Crippen LogP contribution in [0.25, 0.3) is 0 Å². The lowest BCUT2D eigenvalue weighted by molar-refractivity contribution is 0.584. The molecule has 4 heteroatoms. The Kier molecular flexibility index (Phi) is 4.32. The summed E-state index contributed by atoms with van der Waals surface area (Å²) >= 11 is 0. The Balaban J connectivity index is 0.000000165. The quantitative estimate of drug-likeness (QED) is 0.628. The highest BCUT2D eigenvalue weighted by atomic mass is 19.1. The van der Waals surface area contributed by atoms with Crippen LogP contribution in [-0.2, 0) is 0 Å². The Morgan fingerprint density at radius 2 is 1.50 bits per heavy atom. The van der Waals surface area contributed by atoms with E-state index in [-0.39, 0.29) is 5.69 Å². The number of halogens is 2. The van der Waals surface area contributed by atoms with Gasteiger partial charge in [0, 0.05) is 11.8 Å². The number of hydrogen-bond donors (Lipinski definition) is 2. The molecule has 1 heterocycles. The molecular formula is C10H14F2N2. The third-order valence-electron chi connectivity index (χ3n) is 1.84. The van der Waals surface area contributed by atoms with E-state index in [2.05, 4.69) is 5.32 Å². The van der Waals surface area contributed by atoms with Crippen LogP contribution in [0.5, 0.6) is 0 Å². The fourth-order valence-corrected chi connectivity index (χ4v) is 1.20. The molecule has 0 unspecified atom stereocenters. The van der Waals surface area contributed by atoms with Crippen LogP contribution in [0.1, 0.15) is 12.8 Å². The van der Waals surface area contributed by atoms with Crippen molar-refractivity contribution in [2.24, 2.45) is 0 Å². The lowest BCUT2D eigenvalue weighted by atomic mass is 10.3. The Morgan fingerprint density at radius 3 is 1.79 bits per heavy atom. The molecule has 14 heavy (non-hydrogen) atoms. The van der Waals surface area contributed by atoms with Crippen LogP contribution in [0.15, 0.2) is 18.2 Å². The van der Waals surface area contributed by atoms with E-state index in [1.165, 1.54) is 25.9 Å². The van der Waals surface area contributed by atoms with Crippen molar-refractivity contribution in [3.8, 4) is 0 Å². The van der Waals surface area contributed by atoms with Gasteiger partial charge in [0.1, 0.15) is 11.6 Å². The van der Waals surface area contributed by atoms with Crippen molar-refractivity contribution >= 4 is 5.69 Å². The fourth-order valence-electron chi connectivity index (χ4n) is 1.20. The molecule has 1 aromatic rings. The smallest absolute Gasteiger partial charge is 0.128 e. The summed E-state index contributed by atoms with van der Waals surface area (Å²) in [4.78, 5) is 0. The first-order chi connectivity index (χ1) is 6.68. The second-order valence-electron chi connectivity index (χ2n) is 3.16. The Morgan fingerprint density at radius 1 is 1.00 bits per heavy atom. The van der Waals surface area contributed by atoms with E-state index in [1.54, 1.807) is 0 Å². The van der Waals surface area contributed by atoms with Crippen LogP contribution < -0.4 is 11.1 Å². The molecule has 0 atom stereocenters. The molecular weight excluding hydrogens is 186 g/mol. The van der Waals surface area contributed by atoms with Crippen LogP contribution in [0.2, 0.25) is 0 Å². The first-order valence-corrected chi connectivity index (χ1v) is 4.61. The van der Waals surface area contributed by atoms with Crippen molar-refractivity contribution in [2.75, 3.05) is 18.8 Å². The van der Waals surface area contributed by atoms with Gasteiger partial charge in [-0.05, 0) is 38.1 Å². The third-order valence-corrected chi connectivity index (χ3v) is 1.84. The highest BCUT2D eigenvalue weighted by Crippen LogP contribution is 2.07. The fraction of sp³-hybridized carbons (Fsp3) is 0.400. The molecule has 1 aliphatic heterocycles. The molecule has 0 saturated carbocycles. The zero-order chi connectivity index (χ0) is 10.4. The van der Waals surface area contributed by atoms with Crippen LogP contribution in [0.4, 0.5) is 14.5 Å². The summed E-state index contributed by atoms with van der Waals surface area (Å²) in [6, 6.07) is 2.89. The first-order valence-electron chi connectivity index (χ1n) is 4.61. The molecule has 1 aromatic carbocycles. The summed E-state index contributed by atoms with van der Waals surface area (Å²) in [5.74, 6) is -1.29. The summed E-state index contributed by atoms with van der Waals surface area (Å²) in [5.41, 5.74) is 5.18. The molecule has 0 spiro atoms.